The second kappa shape index (κ2) is 3.65. The van der Waals surface area contributed by atoms with Gasteiger partial charge in [-0.1, -0.05) is 37.0 Å². The molecule has 0 aromatic rings. The highest BCUT2D eigenvalue weighted by Crippen LogP contribution is 2.30. The zero-order chi connectivity index (χ0) is 7.49. The third kappa shape index (κ3) is 2.74. The summed E-state index contributed by atoms with van der Waals surface area (Å²) in [6.45, 7) is 5.30. The predicted molar refractivity (Wildman–Crippen MR) is 40.7 cm³/mol. The van der Waals surface area contributed by atoms with E-state index >= 15 is 0 Å². The monoisotopic (exact) mass is 169 g/mol. The lowest BCUT2D eigenvalue weighted by molar-refractivity contribution is 0.156. The van der Waals surface area contributed by atoms with Gasteiger partial charge in [-0.3, -0.25) is 0 Å². The highest BCUT2D eigenvalue weighted by atomic mass is 35.5. The number of aliphatic hydroxyl groups is 1. The number of hydrogen-bond donors (Lipinski definition) is 1. The molecule has 0 heterocycles. The van der Waals surface area contributed by atoms with E-state index in [-0.39, 0.29) is 0 Å². The van der Waals surface area contributed by atoms with Crippen LogP contribution in [0, 0.1) is 6.92 Å². The van der Waals surface area contributed by atoms with E-state index in [2.05, 4.69) is 6.92 Å². The quantitative estimate of drug-likeness (QED) is 0.643. The topological polar surface area (TPSA) is 20.2 Å². The molecule has 55 valence electrons. The summed E-state index contributed by atoms with van der Waals surface area (Å²) >= 11 is 11.3. The van der Waals surface area contributed by atoms with Crippen molar-refractivity contribution in [2.75, 3.05) is 0 Å². The van der Waals surface area contributed by atoms with Gasteiger partial charge in [0.1, 0.15) is 4.33 Å². The second-order valence-corrected chi connectivity index (χ2v) is 3.46. The molecule has 0 rings (SSSR count). The zero-order valence-electron chi connectivity index (χ0n) is 5.40. The Kier molecular flexibility index (Phi) is 3.86. The van der Waals surface area contributed by atoms with Crippen LogP contribution in [0.4, 0.5) is 0 Å². The van der Waals surface area contributed by atoms with E-state index in [4.69, 9.17) is 28.3 Å². The van der Waals surface area contributed by atoms with Crippen LogP contribution < -0.4 is 0 Å². The minimum absolute atomic E-state index is 0.348. The first-order chi connectivity index (χ1) is 4.04. The summed E-state index contributed by atoms with van der Waals surface area (Å²) < 4.78 is -1.01. The summed E-state index contributed by atoms with van der Waals surface area (Å²) in [5.41, 5.74) is 0. The first-order valence-corrected chi connectivity index (χ1v) is 3.65. The number of rotatable bonds is 3. The summed E-state index contributed by atoms with van der Waals surface area (Å²) in [4.78, 5) is 0. The molecule has 0 saturated heterocycles. The van der Waals surface area contributed by atoms with Gasteiger partial charge in [0.15, 0.2) is 0 Å². The third-order valence-corrected chi connectivity index (χ3v) is 2.27. The Balaban J connectivity index is 3.80. The van der Waals surface area contributed by atoms with Crippen LogP contribution >= 0.6 is 23.2 Å². The van der Waals surface area contributed by atoms with E-state index in [1.54, 1.807) is 0 Å². The molecule has 1 radical (unpaired) electrons. The van der Waals surface area contributed by atoms with E-state index in [9.17, 15) is 0 Å². The minimum Gasteiger partial charge on any atom is -0.390 e. The van der Waals surface area contributed by atoms with Crippen LogP contribution in [-0.2, 0) is 0 Å². The van der Waals surface area contributed by atoms with Crippen LogP contribution in [0.5, 0.6) is 0 Å². The lowest BCUT2D eigenvalue weighted by Crippen LogP contribution is -2.29. The van der Waals surface area contributed by atoms with Gasteiger partial charge in [0.25, 0.3) is 0 Å². The maximum atomic E-state index is 9.06. The number of alkyl halides is 2. The van der Waals surface area contributed by atoms with Gasteiger partial charge in [0.2, 0.25) is 0 Å². The fourth-order valence-corrected chi connectivity index (χ4v) is 0.665. The molecule has 0 saturated carbocycles. The van der Waals surface area contributed by atoms with Crippen LogP contribution in [0.2, 0.25) is 0 Å². The Morgan fingerprint density at radius 3 is 2.22 bits per heavy atom. The SMILES string of the molecule is [CH2]CC(O)C(Cl)(Cl)CC. The highest BCUT2D eigenvalue weighted by Gasteiger charge is 2.29. The Morgan fingerprint density at radius 1 is 1.67 bits per heavy atom. The maximum Gasteiger partial charge on any atom is 0.143 e. The minimum atomic E-state index is -1.01. The average molecular weight is 170 g/mol. The Bertz CT molecular complexity index is 83.1. The molecule has 9 heavy (non-hydrogen) atoms. The van der Waals surface area contributed by atoms with E-state index in [0.29, 0.717) is 12.8 Å². The van der Waals surface area contributed by atoms with Gasteiger partial charge in [0.05, 0.1) is 6.10 Å². The second-order valence-electron chi connectivity index (χ2n) is 1.92. The smallest absolute Gasteiger partial charge is 0.143 e. The molecule has 1 atom stereocenters. The summed E-state index contributed by atoms with van der Waals surface area (Å²) in [7, 11) is 0. The molecule has 0 aromatic heterocycles. The fourth-order valence-electron chi connectivity index (χ4n) is 0.447. The van der Waals surface area contributed by atoms with Gasteiger partial charge in [-0.2, -0.15) is 0 Å². The largest absolute Gasteiger partial charge is 0.390 e. The van der Waals surface area contributed by atoms with E-state index in [1.165, 1.54) is 0 Å². The summed E-state index contributed by atoms with van der Waals surface area (Å²) in [5, 5.41) is 9.06. The van der Waals surface area contributed by atoms with Crippen molar-refractivity contribution in [3.8, 4) is 0 Å². The lowest BCUT2D eigenvalue weighted by Gasteiger charge is -2.22. The van der Waals surface area contributed by atoms with Crippen molar-refractivity contribution in [3.05, 3.63) is 6.92 Å². The lowest BCUT2D eigenvalue weighted by atomic mass is 10.1. The van der Waals surface area contributed by atoms with Crippen molar-refractivity contribution in [3.63, 3.8) is 0 Å². The molecule has 1 unspecified atom stereocenters. The van der Waals surface area contributed by atoms with Crippen LogP contribution in [-0.4, -0.2) is 15.5 Å². The number of hydrogen-bond acceptors (Lipinski definition) is 1. The molecule has 0 bridgehead atoms. The van der Waals surface area contributed by atoms with Crippen LogP contribution in [0.15, 0.2) is 0 Å². The predicted octanol–water partition coefficient (Wildman–Crippen LogP) is 2.16. The zero-order valence-corrected chi connectivity index (χ0v) is 6.91. The van der Waals surface area contributed by atoms with Gasteiger partial charge in [-0.05, 0) is 12.8 Å². The van der Waals surface area contributed by atoms with E-state index in [0.717, 1.165) is 0 Å². The molecule has 3 heteroatoms. The first kappa shape index (κ1) is 9.54. The van der Waals surface area contributed by atoms with Crippen molar-refractivity contribution in [1.82, 2.24) is 0 Å². The van der Waals surface area contributed by atoms with Crippen molar-refractivity contribution in [2.24, 2.45) is 0 Å². The number of aliphatic hydroxyl groups excluding tert-OH is 1. The standard InChI is InChI=1S/C6H11Cl2O/c1-3-5(9)6(7,8)4-2/h5,9H,1,3-4H2,2H3. The van der Waals surface area contributed by atoms with Crippen molar-refractivity contribution in [1.29, 1.82) is 0 Å². The molecular weight excluding hydrogens is 159 g/mol. The van der Waals surface area contributed by atoms with Crippen molar-refractivity contribution in [2.45, 2.75) is 30.2 Å². The Hall–Kier alpha value is 0.540. The normalized spacial score (nSPS) is 15.7. The van der Waals surface area contributed by atoms with E-state index < -0.39 is 10.4 Å². The molecule has 0 amide bonds. The van der Waals surface area contributed by atoms with Crippen LogP contribution in [0.3, 0.4) is 0 Å². The molecule has 0 aromatic carbocycles. The number of halogens is 2. The van der Waals surface area contributed by atoms with E-state index in [1.807, 2.05) is 6.92 Å². The summed E-state index contributed by atoms with van der Waals surface area (Å²) in [5.74, 6) is 0. The maximum absolute atomic E-state index is 9.06. The summed E-state index contributed by atoms with van der Waals surface area (Å²) in [6.07, 6.45) is 0.166. The van der Waals surface area contributed by atoms with Gasteiger partial charge in [0, 0.05) is 0 Å². The highest BCUT2D eigenvalue weighted by molar-refractivity contribution is 6.48. The average Bonchev–Trinajstić information content (AvgIpc) is 1.86. The van der Waals surface area contributed by atoms with Gasteiger partial charge < -0.3 is 5.11 Å². The summed E-state index contributed by atoms with van der Waals surface area (Å²) in [6, 6.07) is 0. The molecule has 0 aliphatic rings. The van der Waals surface area contributed by atoms with Crippen molar-refractivity contribution >= 4 is 23.2 Å². The van der Waals surface area contributed by atoms with Gasteiger partial charge in [-0.25, -0.2) is 0 Å². The first-order valence-electron chi connectivity index (χ1n) is 2.89. The third-order valence-electron chi connectivity index (χ3n) is 1.23. The molecule has 0 aliphatic heterocycles. The van der Waals surface area contributed by atoms with Crippen molar-refractivity contribution < 1.29 is 5.11 Å². The van der Waals surface area contributed by atoms with Gasteiger partial charge >= 0.3 is 0 Å². The van der Waals surface area contributed by atoms with Crippen LogP contribution in [0.25, 0.3) is 0 Å². The van der Waals surface area contributed by atoms with Crippen LogP contribution in [0.1, 0.15) is 19.8 Å². The molecule has 1 nitrogen and oxygen atoms in total. The van der Waals surface area contributed by atoms with Gasteiger partial charge in [-0.15, -0.1) is 0 Å². The fraction of sp³-hybridized carbons (Fsp3) is 0.833. The molecule has 0 aliphatic carbocycles. The Morgan fingerprint density at radius 2 is 2.11 bits per heavy atom. The molecular formula is C6H11Cl2O. The molecule has 0 fully saturated rings. The molecule has 1 N–H and O–H groups in total. The molecule has 0 spiro atoms. The Labute approximate surface area is 66.0 Å².